The molecule has 2 N–H and O–H groups in total. The van der Waals surface area contributed by atoms with Gasteiger partial charge in [-0.2, -0.15) is 10.2 Å². The lowest BCUT2D eigenvalue weighted by Gasteiger charge is -2.31. The van der Waals surface area contributed by atoms with Crippen molar-refractivity contribution in [3.05, 3.63) is 59.1 Å². The Hall–Kier alpha value is -4.30. The van der Waals surface area contributed by atoms with E-state index in [0.717, 1.165) is 54.1 Å². The van der Waals surface area contributed by atoms with Crippen LogP contribution in [0.3, 0.4) is 0 Å². The Kier molecular flexibility index (Phi) is 8.43. The summed E-state index contributed by atoms with van der Waals surface area (Å²) in [6, 6.07) is 7.97. The molecule has 0 aliphatic carbocycles. The number of ether oxygens (including phenoxy) is 1. The van der Waals surface area contributed by atoms with Gasteiger partial charge >= 0.3 is 0 Å². The zero-order chi connectivity index (χ0) is 26.2. The number of carbonyl (C=O) groups is 1. The number of hydrogen-bond acceptors (Lipinski definition) is 9. The number of piperidine rings is 1. The van der Waals surface area contributed by atoms with Gasteiger partial charge in [0.25, 0.3) is 0 Å². The second kappa shape index (κ2) is 12.1. The quantitative estimate of drug-likeness (QED) is 0.424. The maximum Gasteiger partial charge on any atom is 0.241 e. The number of likely N-dealkylation sites (N-methyl/N-ethyl adjacent to an activating group) is 1. The molecule has 1 aliphatic heterocycles. The number of benzene rings is 1. The maximum atomic E-state index is 11.5. The van der Waals surface area contributed by atoms with Crippen LogP contribution in [0, 0.1) is 25.2 Å². The van der Waals surface area contributed by atoms with E-state index in [1.54, 1.807) is 30.1 Å². The molecular formula is C26H31N9O2. The standard InChI is InChI=1S/C26H31N9O2/c1-18-13-20(5-4-9-27)14-19(2)25(18)37-24-6-10-29-26(31-24)30-21-7-11-34(12-8-21)15-22-16-35(33-32-22)17-23(36)28-3/h4-6,10,13-14,16,21H,7-8,11-12,15,17H2,1-3H3,(H,28,36)(H,29,30,31)/b5-4+. The monoisotopic (exact) mass is 501 g/mol. The van der Waals surface area contributed by atoms with Gasteiger partial charge in [0, 0.05) is 51.1 Å². The van der Waals surface area contributed by atoms with Crippen molar-refractivity contribution >= 4 is 17.9 Å². The third-order valence-electron chi connectivity index (χ3n) is 6.15. The van der Waals surface area contributed by atoms with Gasteiger partial charge in [-0.05, 0) is 61.6 Å². The number of nitriles is 1. The number of nitrogens with zero attached hydrogens (tertiary/aromatic N) is 7. The Balaban J connectivity index is 1.30. The summed E-state index contributed by atoms with van der Waals surface area (Å²) in [6.45, 7) is 6.63. The van der Waals surface area contributed by atoms with Crippen LogP contribution in [0.2, 0.25) is 0 Å². The number of carbonyl (C=O) groups excluding carboxylic acids is 1. The molecule has 1 aliphatic rings. The van der Waals surface area contributed by atoms with Gasteiger partial charge in [-0.15, -0.1) is 5.10 Å². The number of aromatic nitrogens is 5. The van der Waals surface area contributed by atoms with Gasteiger partial charge < -0.3 is 15.4 Å². The fourth-order valence-electron chi connectivity index (χ4n) is 4.31. The minimum Gasteiger partial charge on any atom is -0.438 e. The number of nitrogens with one attached hydrogen (secondary N) is 2. The van der Waals surface area contributed by atoms with Gasteiger partial charge in [0.2, 0.25) is 17.7 Å². The topological polar surface area (TPSA) is 134 Å². The molecule has 1 amide bonds. The number of anilines is 1. The summed E-state index contributed by atoms with van der Waals surface area (Å²) < 4.78 is 7.67. The van der Waals surface area contributed by atoms with E-state index < -0.39 is 0 Å². The molecule has 192 valence electrons. The molecular weight excluding hydrogens is 470 g/mol. The van der Waals surface area contributed by atoms with Crippen LogP contribution < -0.4 is 15.4 Å². The number of allylic oxidation sites excluding steroid dienone is 1. The Bertz CT molecular complexity index is 1280. The first-order valence-corrected chi connectivity index (χ1v) is 12.2. The first-order valence-electron chi connectivity index (χ1n) is 12.2. The first kappa shape index (κ1) is 25.8. The lowest BCUT2D eigenvalue weighted by atomic mass is 10.1. The van der Waals surface area contributed by atoms with Crippen molar-refractivity contribution in [2.24, 2.45) is 0 Å². The van der Waals surface area contributed by atoms with Crippen molar-refractivity contribution in [2.45, 2.75) is 45.8 Å². The minimum absolute atomic E-state index is 0.104. The third-order valence-corrected chi connectivity index (χ3v) is 6.15. The Morgan fingerprint density at radius 1 is 1.27 bits per heavy atom. The van der Waals surface area contributed by atoms with E-state index in [4.69, 9.17) is 10.00 Å². The van der Waals surface area contributed by atoms with E-state index >= 15 is 0 Å². The van der Waals surface area contributed by atoms with E-state index in [-0.39, 0.29) is 18.5 Å². The highest BCUT2D eigenvalue weighted by Gasteiger charge is 2.21. The van der Waals surface area contributed by atoms with E-state index in [2.05, 4.69) is 35.8 Å². The Morgan fingerprint density at radius 2 is 2.03 bits per heavy atom. The zero-order valence-corrected chi connectivity index (χ0v) is 21.3. The molecule has 37 heavy (non-hydrogen) atoms. The van der Waals surface area contributed by atoms with E-state index in [1.807, 2.05) is 38.2 Å². The third kappa shape index (κ3) is 7.11. The highest BCUT2D eigenvalue weighted by Crippen LogP contribution is 2.30. The molecule has 0 unspecified atom stereocenters. The molecule has 4 rings (SSSR count). The molecule has 1 saturated heterocycles. The Morgan fingerprint density at radius 3 is 2.73 bits per heavy atom. The average molecular weight is 502 g/mol. The molecule has 1 aromatic carbocycles. The summed E-state index contributed by atoms with van der Waals surface area (Å²) in [7, 11) is 1.60. The molecule has 3 aromatic rings. The van der Waals surface area contributed by atoms with Gasteiger partial charge in [0.05, 0.1) is 18.0 Å². The van der Waals surface area contributed by atoms with Crippen LogP contribution in [0.15, 0.2) is 36.7 Å². The summed E-state index contributed by atoms with van der Waals surface area (Å²) in [5, 5.41) is 23.0. The van der Waals surface area contributed by atoms with Gasteiger partial charge in [-0.25, -0.2) is 9.67 Å². The molecule has 0 bridgehead atoms. The second-order valence-corrected chi connectivity index (χ2v) is 9.04. The average Bonchev–Trinajstić information content (AvgIpc) is 3.32. The van der Waals surface area contributed by atoms with Crippen molar-refractivity contribution in [3.63, 3.8) is 0 Å². The van der Waals surface area contributed by atoms with Crippen LogP contribution in [-0.4, -0.2) is 61.9 Å². The minimum atomic E-state index is -0.104. The zero-order valence-electron chi connectivity index (χ0n) is 21.3. The first-order chi connectivity index (χ1) is 17.9. The lowest BCUT2D eigenvalue weighted by molar-refractivity contribution is -0.121. The summed E-state index contributed by atoms with van der Waals surface area (Å²) >= 11 is 0. The Labute approximate surface area is 216 Å². The number of likely N-dealkylation sites (tertiary alicyclic amines) is 1. The summed E-state index contributed by atoms with van der Waals surface area (Å²) in [4.78, 5) is 22.8. The fourth-order valence-corrected chi connectivity index (χ4v) is 4.31. The maximum absolute atomic E-state index is 11.5. The van der Waals surface area contributed by atoms with E-state index in [0.29, 0.717) is 18.4 Å². The van der Waals surface area contributed by atoms with Crippen molar-refractivity contribution in [1.82, 2.24) is 35.2 Å². The molecule has 11 heteroatoms. The number of amides is 1. The SMILES string of the molecule is CNC(=O)Cn1cc(CN2CCC(Nc3nccc(Oc4c(C)cc(/C=C/C#N)cc4C)n3)CC2)nn1. The summed E-state index contributed by atoms with van der Waals surface area (Å²) in [6.07, 6.45) is 8.63. The van der Waals surface area contributed by atoms with Gasteiger partial charge in [-0.1, -0.05) is 5.21 Å². The van der Waals surface area contributed by atoms with Gasteiger partial charge in [-0.3, -0.25) is 9.69 Å². The van der Waals surface area contributed by atoms with Crippen molar-refractivity contribution in [1.29, 1.82) is 5.26 Å². The van der Waals surface area contributed by atoms with Crippen molar-refractivity contribution in [3.8, 4) is 17.7 Å². The predicted molar refractivity (Wildman–Crippen MR) is 139 cm³/mol. The highest BCUT2D eigenvalue weighted by molar-refractivity contribution is 5.75. The van der Waals surface area contributed by atoms with Gasteiger partial charge in [0.1, 0.15) is 12.3 Å². The lowest BCUT2D eigenvalue weighted by Crippen LogP contribution is -2.39. The summed E-state index contributed by atoms with van der Waals surface area (Å²) in [5.74, 6) is 1.66. The fraction of sp³-hybridized carbons (Fsp3) is 0.385. The molecule has 2 aromatic heterocycles. The van der Waals surface area contributed by atoms with Crippen LogP contribution in [0.25, 0.3) is 6.08 Å². The molecule has 11 nitrogen and oxygen atoms in total. The van der Waals surface area contributed by atoms with Crippen LogP contribution in [-0.2, 0) is 17.9 Å². The van der Waals surface area contributed by atoms with Crippen molar-refractivity contribution < 1.29 is 9.53 Å². The second-order valence-electron chi connectivity index (χ2n) is 9.04. The van der Waals surface area contributed by atoms with Crippen molar-refractivity contribution in [2.75, 3.05) is 25.5 Å². The molecule has 0 radical (unpaired) electrons. The molecule has 0 spiro atoms. The summed E-state index contributed by atoms with van der Waals surface area (Å²) in [5.41, 5.74) is 3.73. The number of hydrogen-bond donors (Lipinski definition) is 2. The smallest absolute Gasteiger partial charge is 0.241 e. The molecule has 0 saturated carbocycles. The predicted octanol–water partition coefficient (Wildman–Crippen LogP) is 2.84. The number of rotatable bonds is 9. The largest absolute Gasteiger partial charge is 0.438 e. The number of aryl methyl sites for hydroxylation is 2. The van der Waals surface area contributed by atoms with E-state index in [1.165, 1.54) is 6.08 Å². The van der Waals surface area contributed by atoms with Crippen LogP contribution in [0.5, 0.6) is 11.6 Å². The molecule has 3 heterocycles. The van der Waals surface area contributed by atoms with Crippen LogP contribution in [0.1, 0.15) is 35.2 Å². The van der Waals surface area contributed by atoms with Gasteiger partial charge in [0.15, 0.2) is 0 Å². The van der Waals surface area contributed by atoms with Crippen LogP contribution >= 0.6 is 0 Å². The van der Waals surface area contributed by atoms with Crippen LogP contribution in [0.4, 0.5) is 5.95 Å². The highest BCUT2D eigenvalue weighted by atomic mass is 16.5. The molecule has 0 atom stereocenters. The molecule has 1 fully saturated rings. The van der Waals surface area contributed by atoms with E-state index in [9.17, 15) is 4.79 Å². The normalized spacial score (nSPS) is 14.4.